The summed E-state index contributed by atoms with van der Waals surface area (Å²) in [6.45, 7) is 2.61. The van der Waals surface area contributed by atoms with Crippen LogP contribution in [0.2, 0.25) is 0 Å². The van der Waals surface area contributed by atoms with Gasteiger partial charge in [0.1, 0.15) is 0 Å². The lowest BCUT2D eigenvalue weighted by atomic mass is 10.1. The smallest absolute Gasteiger partial charge is 0.277 e. The van der Waals surface area contributed by atoms with E-state index >= 15 is 0 Å². The Balaban J connectivity index is 2.14. The van der Waals surface area contributed by atoms with Crippen LogP contribution in [0.1, 0.15) is 16.8 Å². The number of nitriles is 1. The molecule has 1 saturated heterocycles. The summed E-state index contributed by atoms with van der Waals surface area (Å²) >= 11 is 0. The standard InChI is InChI=1S/C14H15N5O5/c15-2-1-3-16-4-6-17(7-5-16)14(20)11-8-12(18(21)22)10-13(9-11)19(23)24/h8-10H,1,3-7H2. The molecular weight excluding hydrogens is 318 g/mol. The summed E-state index contributed by atoms with van der Waals surface area (Å²) in [6.07, 6.45) is 0.408. The van der Waals surface area contributed by atoms with Crippen LogP contribution in [0.5, 0.6) is 0 Å². The van der Waals surface area contributed by atoms with Crippen LogP contribution in [-0.4, -0.2) is 58.3 Å². The van der Waals surface area contributed by atoms with Crippen LogP contribution >= 0.6 is 0 Å². The predicted molar refractivity (Wildman–Crippen MR) is 82.3 cm³/mol. The van der Waals surface area contributed by atoms with E-state index in [1.165, 1.54) is 4.90 Å². The van der Waals surface area contributed by atoms with E-state index in [0.29, 0.717) is 39.1 Å². The van der Waals surface area contributed by atoms with Gasteiger partial charge in [0.2, 0.25) is 0 Å². The molecule has 0 atom stereocenters. The molecule has 0 radical (unpaired) electrons. The predicted octanol–water partition coefficient (Wildman–Crippen LogP) is 1.17. The molecule has 1 amide bonds. The minimum absolute atomic E-state index is 0.0682. The summed E-state index contributed by atoms with van der Waals surface area (Å²) in [5.41, 5.74) is -1.04. The summed E-state index contributed by atoms with van der Waals surface area (Å²) in [5, 5.41) is 30.4. The Labute approximate surface area is 137 Å². The lowest BCUT2D eigenvalue weighted by Crippen LogP contribution is -2.48. The molecule has 1 aromatic rings. The van der Waals surface area contributed by atoms with Crippen LogP contribution in [0, 0.1) is 31.6 Å². The fraction of sp³-hybridized carbons (Fsp3) is 0.429. The minimum Gasteiger partial charge on any atom is -0.336 e. The van der Waals surface area contributed by atoms with Gasteiger partial charge in [0.15, 0.2) is 0 Å². The van der Waals surface area contributed by atoms with Crippen LogP contribution in [-0.2, 0) is 0 Å². The molecule has 24 heavy (non-hydrogen) atoms. The van der Waals surface area contributed by atoms with Crippen molar-refractivity contribution in [2.45, 2.75) is 6.42 Å². The molecule has 0 bridgehead atoms. The number of non-ortho nitro benzene ring substituents is 2. The third-order valence-electron chi connectivity index (χ3n) is 3.77. The summed E-state index contributed by atoms with van der Waals surface area (Å²) in [6, 6.07) is 4.99. The molecule has 2 rings (SSSR count). The van der Waals surface area contributed by atoms with Gasteiger partial charge in [-0.1, -0.05) is 0 Å². The lowest BCUT2D eigenvalue weighted by Gasteiger charge is -2.34. The minimum atomic E-state index is -0.760. The maximum absolute atomic E-state index is 12.5. The first kappa shape index (κ1) is 17.3. The van der Waals surface area contributed by atoms with Gasteiger partial charge in [-0.2, -0.15) is 5.26 Å². The number of carbonyl (C=O) groups is 1. The number of nitro benzene ring substituents is 2. The topological polar surface area (TPSA) is 134 Å². The number of benzene rings is 1. The average molecular weight is 333 g/mol. The fourth-order valence-electron chi connectivity index (χ4n) is 2.49. The van der Waals surface area contributed by atoms with E-state index < -0.39 is 27.1 Å². The highest BCUT2D eigenvalue weighted by Crippen LogP contribution is 2.24. The zero-order valence-corrected chi connectivity index (χ0v) is 12.8. The highest BCUT2D eigenvalue weighted by molar-refractivity contribution is 5.95. The number of amides is 1. The normalized spacial score (nSPS) is 14.9. The van der Waals surface area contributed by atoms with Gasteiger partial charge in [-0.05, 0) is 0 Å². The summed E-state index contributed by atoms with van der Waals surface area (Å²) in [5.74, 6) is -0.471. The van der Waals surface area contributed by atoms with Crippen molar-refractivity contribution in [1.82, 2.24) is 9.80 Å². The second-order valence-electron chi connectivity index (χ2n) is 5.29. The van der Waals surface area contributed by atoms with Crippen molar-refractivity contribution < 1.29 is 14.6 Å². The van der Waals surface area contributed by atoms with Crippen LogP contribution in [0.3, 0.4) is 0 Å². The molecule has 1 heterocycles. The van der Waals surface area contributed by atoms with Gasteiger partial charge in [-0.15, -0.1) is 0 Å². The first-order valence-corrected chi connectivity index (χ1v) is 7.25. The largest absolute Gasteiger partial charge is 0.336 e. The second kappa shape index (κ2) is 7.47. The zero-order chi connectivity index (χ0) is 17.7. The van der Waals surface area contributed by atoms with Crippen LogP contribution in [0.15, 0.2) is 18.2 Å². The molecule has 0 aromatic heterocycles. The molecule has 0 spiro atoms. The Morgan fingerprint density at radius 3 is 2.08 bits per heavy atom. The van der Waals surface area contributed by atoms with Gasteiger partial charge < -0.3 is 4.90 Å². The van der Waals surface area contributed by atoms with Crippen LogP contribution < -0.4 is 0 Å². The Bertz CT molecular complexity index is 674. The first-order chi connectivity index (χ1) is 11.4. The molecule has 1 aliphatic heterocycles. The first-order valence-electron chi connectivity index (χ1n) is 7.25. The molecule has 126 valence electrons. The van der Waals surface area contributed by atoms with E-state index in [1.807, 2.05) is 4.90 Å². The molecule has 10 nitrogen and oxygen atoms in total. The van der Waals surface area contributed by atoms with Crippen LogP contribution in [0.25, 0.3) is 0 Å². The quantitative estimate of drug-likeness (QED) is 0.583. The van der Waals surface area contributed by atoms with E-state index in [0.717, 1.165) is 18.2 Å². The summed E-state index contributed by atoms with van der Waals surface area (Å²) in [7, 11) is 0. The van der Waals surface area contributed by atoms with Gasteiger partial charge in [-0.25, -0.2) is 0 Å². The molecular formula is C14H15N5O5. The van der Waals surface area contributed by atoms with Gasteiger partial charge in [0, 0.05) is 51.3 Å². The van der Waals surface area contributed by atoms with Crippen molar-refractivity contribution >= 4 is 17.3 Å². The van der Waals surface area contributed by atoms with E-state index in [9.17, 15) is 25.0 Å². The molecule has 1 aliphatic rings. The number of nitro groups is 2. The van der Waals surface area contributed by atoms with Crippen molar-refractivity contribution in [2.75, 3.05) is 32.7 Å². The number of nitrogens with zero attached hydrogens (tertiary/aromatic N) is 5. The molecule has 0 unspecified atom stereocenters. The van der Waals surface area contributed by atoms with E-state index in [2.05, 4.69) is 6.07 Å². The van der Waals surface area contributed by atoms with Crippen LogP contribution in [0.4, 0.5) is 11.4 Å². The van der Waals surface area contributed by atoms with Crippen molar-refractivity contribution in [2.24, 2.45) is 0 Å². The van der Waals surface area contributed by atoms with Gasteiger partial charge in [-0.3, -0.25) is 29.9 Å². The van der Waals surface area contributed by atoms with E-state index in [1.54, 1.807) is 0 Å². The monoisotopic (exact) mass is 333 g/mol. The van der Waals surface area contributed by atoms with Crippen molar-refractivity contribution in [3.05, 3.63) is 44.0 Å². The highest BCUT2D eigenvalue weighted by Gasteiger charge is 2.25. The summed E-state index contributed by atoms with van der Waals surface area (Å²) in [4.78, 5) is 36.3. The SMILES string of the molecule is N#CCCN1CCN(C(=O)c2cc([N+](=O)[O-])cc([N+](=O)[O-])c2)CC1. The molecule has 1 aromatic carbocycles. The molecule has 10 heteroatoms. The number of piperazine rings is 1. The van der Waals surface area contributed by atoms with Crippen molar-refractivity contribution in [1.29, 1.82) is 5.26 Å². The van der Waals surface area contributed by atoms with Gasteiger partial charge in [0.25, 0.3) is 17.3 Å². The lowest BCUT2D eigenvalue weighted by molar-refractivity contribution is -0.394. The van der Waals surface area contributed by atoms with Gasteiger partial charge >= 0.3 is 0 Å². The number of carbonyl (C=O) groups excluding carboxylic acids is 1. The third-order valence-corrected chi connectivity index (χ3v) is 3.77. The van der Waals surface area contributed by atoms with Gasteiger partial charge in [0.05, 0.1) is 27.5 Å². The fourth-order valence-corrected chi connectivity index (χ4v) is 2.49. The number of hydrogen-bond acceptors (Lipinski definition) is 7. The molecule has 0 saturated carbocycles. The number of rotatable bonds is 5. The summed E-state index contributed by atoms with van der Waals surface area (Å²) < 4.78 is 0. The second-order valence-corrected chi connectivity index (χ2v) is 5.29. The Kier molecular flexibility index (Phi) is 5.39. The Morgan fingerprint density at radius 2 is 1.62 bits per heavy atom. The maximum atomic E-state index is 12.5. The highest BCUT2D eigenvalue weighted by atomic mass is 16.6. The maximum Gasteiger partial charge on any atom is 0.277 e. The number of hydrogen-bond donors (Lipinski definition) is 0. The van der Waals surface area contributed by atoms with E-state index in [-0.39, 0.29) is 5.56 Å². The third kappa shape index (κ3) is 4.02. The average Bonchev–Trinajstić information content (AvgIpc) is 2.59. The molecule has 0 N–H and O–H groups in total. The Morgan fingerprint density at radius 1 is 1.08 bits per heavy atom. The van der Waals surface area contributed by atoms with E-state index in [4.69, 9.17) is 5.26 Å². The van der Waals surface area contributed by atoms with Crippen molar-refractivity contribution in [3.8, 4) is 6.07 Å². The van der Waals surface area contributed by atoms with Crippen molar-refractivity contribution in [3.63, 3.8) is 0 Å². The molecule has 1 fully saturated rings. The Hall–Kier alpha value is -3.06. The molecule has 0 aliphatic carbocycles. The zero-order valence-electron chi connectivity index (χ0n) is 12.8.